The zero-order chi connectivity index (χ0) is 17.6. The molecule has 1 aliphatic heterocycles. The van der Waals surface area contributed by atoms with Crippen LogP contribution in [0.2, 0.25) is 0 Å². The predicted octanol–water partition coefficient (Wildman–Crippen LogP) is 0.118. The highest BCUT2D eigenvalue weighted by molar-refractivity contribution is 5.85. The second-order valence-electron chi connectivity index (χ2n) is 6.21. The molecule has 128 valence electrons. The number of H-pyrrole nitrogens is 2. The molecule has 2 aromatic heterocycles. The average Bonchev–Trinajstić information content (AvgIpc) is 2.98. The fraction of sp³-hybridized carbons (Fsp3) is 0.222. The number of nitrogens with one attached hydrogen (secondary N) is 2. The van der Waals surface area contributed by atoms with Gasteiger partial charge < -0.3 is 15.4 Å². The fourth-order valence-electron chi connectivity index (χ4n) is 3.68. The number of aromatic hydroxyl groups is 1. The molecule has 0 aliphatic carbocycles. The maximum absolute atomic E-state index is 12.5. The molecule has 0 amide bonds. The van der Waals surface area contributed by atoms with E-state index in [4.69, 9.17) is 0 Å². The van der Waals surface area contributed by atoms with Gasteiger partial charge in [-0.3, -0.25) is 14.3 Å². The molecule has 0 bridgehead atoms. The molecule has 1 atom stereocenters. The molecular formula is C18H19N4O3+. The zero-order valence-corrected chi connectivity index (χ0v) is 13.6. The minimum atomic E-state index is -0.640. The van der Waals surface area contributed by atoms with Crippen LogP contribution < -0.4 is 16.6 Å². The van der Waals surface area contributed by atoms with E-state index in [1.54, 1.807) is 0 Å². The predicted molar refractivity (Wildman–Crippen MR) is 93.8 cm³/mol. The summed E-state index contributed by atoms with van der Waals surface area (Å²) >= 11 is 0. The molecular weight excluding hydrogens is 320 g/mol. The number of rotatable bonds is 3. The Hall–Kier alpha value is -3.06. The van der Waals surface area contributed by atoms with E-state index in [0.717, 1.165) is 39.7 Å². The van der Waals surface area contributed by atoms with E-state index in [1.807, 2.05) is 23.5 Å². The van der Waals surface area contributed by atoms with Gasteiger partial charge in [0.15, 0.2) is 6.04 Å². The minimum absolute atomic E-state index is 0.126. The van der Waals surface area contributed by atoms with Crippen LogP contribution in [0.25, 0.3) is 10.9 Å². The third kappa shape index (κ3) is 2.32. The molecule has 3 aromatic rings. The lowest BCUT2D eigenvalue weighted by atomic mass is 9.95. The van der Waals surface area contributed by atoms with Gasteiger partial charge in [0.2, 0.25) is 5.88 Å². The maximum atomic E-state index is 12.5. The van der Waals surface area contributed by atoms with Gasteiger partial charge >= 0.3 is 5.69 Å². The first-order chi connectivity index (χ1) is 12.1. The van der Waals surface area contributed by atoms with Crippen molar-refractivity contribution in [2.45, 2.75) is 19.0 Å². The van der Waals surface area contributed by atoms with Crippen LogP contribution in [0.15, 0.2) is 46.5 Å². The lowest BCUT2D eigenvalue weighted by molar-refractivity contribution is -0.690. The zero-order valence-electron chi connectivity index (χ0n) is 13.6. The summed E-state index contributed by atoms with van der Waals surface area (Å²) < 4.78 is 1.12. The number of aromatic nitrogens is 3. The average molecular weight is 339 g/mol. The third-order valence-electron chi connectivity index (χ3n) is 4.78. The number of hydrogen-bond donors (Lipinski definition) is 4. The number of para-hydroxylation sites is 1. The van der Waals surface area contributed by atoms with Crippen LogP contribution in [-0.2, 0) is 13.0 Å². The molecule has 7 nitrogen and oxygen atoms in total. The van der Waals surface area contributed by atoms with E-state index in [9.17, 15) is 14.7 Å². The summed E-state index contributed by atoms with van der Waals surface area (Å²) in [5.74, 6) is -0.304. The number of fused-ring (bicyclic) bond motifs is 3. The Morgan fingerprint density at radius 1 is 1.32 bits per heavy atom. The summed E-state index contributed by atoms with van der Waals surface area (Å²) in [5.41, 5.74) is 2.05. The van der Waals surface area contributed by atoms with Crippen molar-refractivity contribution < 1.29 is 10.4 Å². The number of benzene rings is 1. The normalized spacial score (nSPS) is 16.7. The van der Waals surface area contributed by atoms with Crippen LogP contribution >= 0.6 is 0 Å². The molecule has 5 N–H and O–H groups in total. The van der Waals surface area contributed by atoms with Crippen molar-refractivity contribution in [2.75, 3.05) is 6.54 Å². The molecule has 1 aromatic carbocycles. The van der Waals surface area contributed by atoms with Crippen LogP contribution in [0.4, 0.5) is 0 Å². The number of aromatic amines is 2. The van der Waals surface area contributed by atoms with Crippen LogP contribution in [-0.4, -0.2) is 26.2 Å². The van der Waals surface area contributed by atoms with Gasteiger partial charge in [-0.2, -0.15) is 0 Å². The molecule has 25 heavy (non-hydrogen) atoms. The van der Waals surface area contributed by atoms with Gasteiger partial charge in [0.05, 0.1) is 12.2 Å². The Labute approximate surface area is 142 Å². The van der Waals surface area contributed by atoms with E-state index in [-0.39, 0.29) is 18.0 Å². The van der Waals surface area contributed by atoms with Gasteiger partial charge in [-0.15, -0.1) is 6.58 Å². The molecule has 7 heteroatoms. The lowest BCUT2D eigenvalue weighted by Crippen LogP contribution is -2.87. The van der Waals surface area contributed by atoms with Crippen molar-refractivity contribution in [3.8, 4) is 5.88 Å². The van der Waals surface area contributed by atoms with Crippen molar-refractivity contribution in [3.63, 3.8) is 0 Å². The highest BCUT2D eigenvalue weighted by atomic mass is 16.3. The van der Waals surface area contributed by atoms with E-state index >= 15 is 0 Å². The first-order valence-corrected chi connectivity index (χ1v) is 8.21. The summed E-state index contributed by atoms with van der Waals surface area (Å²) in [5, 5.41) is 13.7. The first-order valence-electron chi connectivity index (χ1n) is 8.21. The quantitative estimate of drug-likeness (QED) is 0.509. The number of nitrogens with two attached hydrogens (primary N) is 1. The molecule has 1 aliphatic rings. The highest BCUT2D eigenvalue weighted by Crippen LogP contribution is 2.31. The van der Waals surface area contributed by atoms with Gasteiger partial charge in [0, 0.05) is 23.9 Å². The Bertz CT molecular complexity index is 1090. The van der Waals surface area contributed by atoms with Gasteiger partial charge in [0.1, 0.15) is 5.56 Å². The van der Waals surface area contributed by atoms with Crippen molar-refractivity contribution >= 4 is 10.9 Å². The monoisotopic (exact) mass is 339 g/mol. The van der Waals surface area contributed by atoms with Crippen molar-refractivity contribution in [3.05, 3.63) is 74.6 Å². The summed E-state index contributed by atoms with van der Waals surface area (Å²) in [6.45, 7) is 4.51. The van der Waals surface area contributed by atoms with Crippen LogP contribution in [0.5, 0.6) is 5.88 Å². The Morgan fingerprint density at radius 3 is 2.92 bits per heavy atom. The smallest absolute Gasteiger partial charge is 0.331 e. The molecule has 4 rings (SSSR count). The fourth-order valence-corrected chi connectivity index (χ4v) is 3.68. The van der Waals surface area contributed by atoms with Crippen molar-refractivity contribution in [1.82, 2.24) is 14.5 Å². The summed E-state index contributed by atoms with van der Waals surface area (Å²) in [6.07, 6.45) is 2.38. The van der Waals surface area contributed by atoms with Crippen LogP contribution in [0.1, 0.15) is 22.9 Å². The molecule has 0 spiro atoms. The summed E-state index contributed by atoms with van der Waals surface area (Å²) in [7, 11) is 0. The van der Waals surface area contributed by atoms with E-state index in [0.29, 0.717) is 0 Å². The number of hydrogen-bond acceptors (Lipinski definition) is 3. The maximum Gasteiger partial charge on any atom is 0.331 e. The van der Waals surface area contributed by atoms with E-state index < -0.39 is 17.3 Å². The number of allylic oxidation sites excluding steroid dienone is 1. The highest BCUT2D eigenvalue weighted by Gasteiger charge is 2.33. The Morgan fingerprint density at radius 2 is 2.12 bits per heavy atom. The van der Waals surface area contributed by atoms with Crippen molar-refractivity contribution in [1.29, 1.82) is 0 Å². The molecule has 0 radical (unpaired) electrons. The SMILES string of the molecule is C=CCn1c(O)c([C@@H]2[NH2+]CCc3c2[nH]c2ccccc32)c(=O)[nH]c1=O. The standard InChI is InChI=1S/C18H18N4O3/c1-2-9-22-17(24)13(16(23)21-18(22)25)15-14-11(7-8-19-15)10-5-3-4-6-12(10)20-14/h2-6,15,19-20,24H,1,7-9H2,(H,21,23,25)/p+1/t15-/m0/s1. The second kappa shape index (κ2) is 5.78. The lowest BCUT2D eigenvalue weighted by Gasteiger charge is -2.22. The topological polar surface area (TPSA) is 107 Å². The third-order valence-corrected chi connectivity index (χ3v) is 4.78. The van der Waals surface area contributed by atoms with Gasteiger partial charge in [-0.1, -0.05) is 24.3 Å². The largest absolute Gasteiger partial charge is 0.494 e. The second-order valence-corrected chi connectivity index (χ2v) is 6.21. The Kier molecular flexibility index (Phi) is 3.58. The molecule has 0 unspecified atom stereocenters. The van der Waals surface area contributed by atoms with Crippen LogP contribution in [0, 0.1) is 0 Å². The minimum Gasteiger partial charge on any atom is -0.494 e. The van der Waals surface area contributed by atoms with Gasteiger partial charge in [-0.05, 0) is 11.6 Å². The summed E-state index contributed by atoms with van der Waals surface area (Å²) in [6, 6.07) is 7.59. The van der Waals surface area contributed by atoms with Gasteiger partial charge in [0.25, 0.3) is 5.56 Å². The number of quaternary nitrogens is 1. The number of nitrogens with zero attached hydrogens (tertiary/aromatic N) is 1. The molecule has 0 saturated heterocycles. The van der Waals surface area contributed by atoms with Crippen LogP contribution in [0.3, 0.4) is 0 Å². The molecule has 0 fully saturated rings. The van der Waals surface area contributed by atoms with Crippen molar-refractivity contribution in [2.24, 2.45) is 0 Å². The summed E-state index contributed by atoms with van der Waals surface area (Å²) in [4.78, 5) is 30.1. The van der Waals surface area contributed by atoms with Gasteiger partial charge in [-0.25, -0.2) is 4.79 Å². The first kappa shape index (κ1) is 15.5. The van der Waals surface area contributed by atoms with E-state index in [2.05, 4.69) is 22.6 Å². The molecule has 0 saturated carbocycles. The van der Waals surface area contributed by atoms with E-state index in [1.165, 1.54) is 6.08 Å². The Balaban J connectivity index is 1.96. The molecule has 3 heterocycles.